The van der Waals surface area contributed by atoms with E-state index in [4.69, 9.17) is 31.4 Å². The molecule has 2 aromatic carbocycles. The van der Waals surface area contributed by atoms with E-state index in [0.717, 1.165) is 5.56 Å². The van der Waals surface area contributed by atoms with Gasteiger partial charge in [-0.3, -0.25) is 0 Å². The van der Waals surface area contributed by atoms with Crippen molar-refractivity contribution in [1.82, 2.24) is 0 Å². The molecule has 0 amide bonds. The molecule has 0 radical (unpaired) electrons. The molecule has 122 valence electrons. The van der Waals surface area contributed by atoms with Crippen LogP contribution in [0.3, 0.4) is 0 Å². The minimum absolute atomic E-state index is 0.264. The topological polar surface area (TPSA) is 79.5 Å². The summed E-state index contributed by atoms with van der Waals surface area (Å²) in [5, 5.41) is 18.5. The maximum atomic E-state index is 11.0. The summed E-state index contributed by atoms with van der Waals surface area (Å²) in [5.74, 6) is -0.317. The largest absolute Gasteiger partial charge is 0.497 e. The predicted molar refractivity (Wildman–Crippen MR) is 90.0 cm³/mol. The van der Waals surface area contributed by atoms with Gasteiger partial charge in [-0.05, 0) is 35.9 Å². The Kier molecular flexibility index (Phi) is 5.83. The molecule has 24 heavy (non-hydrogen) atoms. The van der Waals surface area contributed by atoms with Crippen LogP contribution in [0.15, 0.2) is 48.0 Å². The number of methoxy groups -OCH3 is 1. The van der Waals surface area contributed by atoms with Crippen LogP contribution in [0.1, 0.15) is 11.1 Å². The number of hydrogen-bond donors (Lipinski definition) is 1. The highest BCUT2D eigenvalue weighted by molar-refractivity contribution is 6.30. The van der Waals surface area contributed by atoms with Crippen LogP contribution in [-0.4, -0.2) is 18.2 Å². The Balaban J connectivity index is 2.30. The average Bonchev–Trinajstić information content (AvgIpc) is 2.59. The number of ether oxygens (including phenoxy) is 2. The molecule has 0 heterocycles. The zero-order valence-corrected chi connectivity index (χ0v) is 13.6. The molecule has 0 bridgehead atoms. The van der Waals surface area contributed by atoms with Crippen LogP contribution >= 0.6 is 11.6 Å². The van der Waals surface area contributed by atoms with Crippen LogP contribution in [0.5, 0.6) is 11.5 Å². The van der Waals surface area contributed by atoms with Gasteiger partial charge in [0.2, 0.25) is 0 Å². The first-order chi connectivity index (χ1) is 11.5. The molecule has 0 aromatic heterocycles. The molecule has 0 fully saturated rings. The number of carboxylic acid groups (broad SMARTS) is 1. The lowest BCUT2D eigenvalue weighted by molar-refractivity contribution is -0.132. The number of nitriles is 1. The van der Waals surface area contributed by atoms with Crippen molar-refractivity contribution in [1.29, 1.82) is 5.26 Å². The number of hydrogen-bond acceptors (Lipinski definition) is 4. The molecule has 2 rings (SSSR count). The van der Waals surface area contributed by atoms with Gasteiger partial charge in [-0.2, -0.15) is 5.26 Å². The Bertz CT molecular complexity index is 807. The molecule has 6 heteroatoms. The summed E-state index contributed by atoms with van der Waals surface area (Å²) in [6.07, 6.45) is 1.26. The maximum Gasteiger partial charge on any atom is 0.346 e. The Morgan fingerprint density at radius 3 is 2.58 bits per heavy atom. The van der Waals surface area contributed by atoms with Crippen molar-refractivity contribution >= 4 is 23.6 Å². The number of halogens is 1. The van der Waals surface area contributed by atoms with E-state index in [9.17, 15) is 4.79 Å². The highest BCUT2D eigenvalue weighted by atomic mass is 35.5. The molecule has 0 unspecified atom stereocenters. The quantitative estimate of drug-likeness (QED) is 0.635. The third-order valence-electron chi connectivity index (χ3n) is 3.18. The number of carboxylic acids is 1. The second-order valence-corrected chi connectivity index (χ2v) is 5.23. The van der Waals surface area contributed by atoms with Gasteiger partial charge in [0.15, 0.2) is 0 Å². The molecule has 0 aliphatic heterocycles. The van der Waals surface area contributed by atoms with Crippen LogP contribution in [0.4, 0.5) is 0 Å². The zero-order valence-electron chi connectivity index (χ0n) is 12.8. The van der Waals surface area contributed by atoms with Gasteiger partial charge < -0.3 is 14.6 Å². The van der Waals surface area contributed by atoms with Crippen molar-refractivity contribution in [3.8, 4) is 17.6 Å². The van der Waals surface area contributed by atoms with Crippen molar-refractivity contribution in [3.63, 3.8) is 0 Å². The molecule has 2 aromatic rings. The van der Waals surface area contributed by atoms with Crippen molar-refractivity contribution in [3.05, 3.63) is 64.2 Å². The third kappa shape index (κ3) is 4.51. The molecule has 0 atom stereocenters. The van der Waals surface area contributed by atoms with E-state index in [1.165, 1.54) is 13.2 Å². The summed E-state index contributed by atoms with van der Waals surface area (Å²) < 4.78 is 10.9. The molecule has 0 aliphatic carbocycles. The van der Waals surface area contributed by atoms with E-state index in [0.29, 0.717) is 22.1 Å². The number of benzene rings is 2. The Labute approximate surface area is 144 Å². The minimum Gasteiger partial charge on any atom is -0.497 e. The fourth-order valence-electron chi connectivity index (χ4n) is 1.92. The smallest absolute Gasteiger partial charge is 0.346 e. The highest BCUT2D eigenvalue weighted by Crippen LogP contribution is 2.28. The van der Waals surface area contributed by atoms with E-state index >= 15 is 0 Å². The van der Waals surface area contributed by atoms with Crippen molar-refractivity contribution < 1.29 is 19.4 Å². The number of carbonyl (C=O) groups is 1. The van der Waals surface area contributed by atoms with Crippen LogP contribution < -0.4 is 9.47 Å². The second-order valence-electron chi connectivity index (χ2n) is 4.79. The molecule has 0 aliphatic rings. The lowest BCUT2D eigenvalue weighted by atomic mass is 10.1. The molecular formula is C18H14ClNO4. The lowest BCUT2D eigenvalue weighted by Gasteiger charge is -2.11. The molecule has 0 saturated carbocycles. The Hall–Kier alpha value is -2.97. The van der Waals surface area contributed by atoms with Gasteiger partial charge in [-0.15, -0.1) is 0 Å². The summed E-state index contributed by atoms with van der Waals surface area (Å²) in [7, 11) is 1.52. The number of aliphatic carboxylic acids is 1. The molecule has 0 spiro atoms. The molecule has 0 saturated heterocycles. The Morgan fingerprint density at radius 2 is 2.00 bits per heavy atom. The summed E-state index contributed by atoms with van der Waals surface area (Å²) >= 11 is 5.85. The van der Waals surface area contributed by atoms with Crippen LogP contribution in [0.25, 0.3) is 6.08 Å². The van der Waals surface area contributed by atoms with Gasteiger partial charge in [0, 0.05) is 16.7 Å². The molecule has 5 nitrogen and oxygen atoms in total. The predicted octanol–water partition coefficient (Wildman–Crippen LogP) is 3.92. The summed E-state index contributed by atoms with van der Waals surface area (Å²) in [4.78, 5) is 11.0. The summed E-state index contributed by atoms with van der Waals surface area (Å²) in [6.45, 7) is 0.264. The SMILES string of the molecule is COc1ccc(C=C(C#N)C(=O)O)c(OCc2ccc(Cl)cc2)c1. The van der Waals surface area contributed by atoms with E-state index < -0.39 is 5.97 Å². The first-order valence-electron chi connectivity index (χ1n) is 6.94. The van der Waals surface area contributed by atoms with Crippen molar-refractivity contribution in [2.75, 3.05) is 7.11 Å². The van der Waals surface area contributed by atoms with Crippen LogP contribution in [-0.2, 0) is 11.4 Å². The van der Waals surface area contributed by atoms with Gasteiger partial charge in [-0.1, -0.05) is 23.7 Å². The number of rotatable bonds is 6. The maximum absolute atomic E-state index is 11.0. The summed E-state index contributed by atoms with van der Waals surface area (Å²) in [5.41, 5.74) is 0.996. The van der Waals surface area contributed by atoms with Crippen LogP contribution in [0, 0.1) is 11.3 Å². The zero-order chi connectivity index (χ0) is 17.5. The second kappa shape index (κ2) is 8.04. The van der Waals surface area contributed by atoms with E-state index in [2.05, 4.69) is 0 Å². The van der Waals surface area contributed by atoms with Gasteiger partial charge in [0.25, 0.3) is 0 Å². The van der Waals surface area contributed by atoms with E-state index in [1.807, 2.05) is 12.1 Å². The van der Waals surface area contributed by atoms with E-state index in [-0.39, 0.29) is 12.2 Å². The van der Waals surface area contributed by atoms with Gasteiger partial charge in [0.05, 0.1) is 7.11 Å². The first kappa shape index (κ1) is 17.4. The van der Waals surface area contributed by atoms with Crippen molar-refractivity contribution in [2.45, 2.75) is 6.61 Å². The van der Waals surface area contributed by atoms with Gasteiger partial charge in [0.1, 0.15) is 29.7 Å². The van der Waals surface area contributed by atoms with E-state index in [1.54, 1.807) is 36.4 Å². The van der Waals surface area contributed by atoms with Crippen LogP contribution in [0.2, 0.25) is 5.02 Å². The van der Waals surface area contributed by atoms with Gasteiger partial charge >= 0.3 is 5.97 Å². The standard InChI is InChI=1S/C18H14ClNO4/c1-23-16-7-4-13(8-14(10-20)18(21)22)17(9-16)24-11-12-2-5-15(19)6-3-12/h2-9H,11H2,1H3,(H,21,22). The molecular weight excluding hydrogens is 330 g/mol. The summed E-state index contributed by atoms with van der Waals surface area (Å²) in [6, 6.07) is 13.8. The third-order valence-corrected chi connectivity index (χ3v) is 3.43. The fourth-order valence-corrected chi connectivity index (χ4v) is 2.05. The normalized spacial score (nSPS) is 10.8. The molecule has 1 N–H and O–H groups in total. The number of nitrogens with zero attached hydrogens (tertiary/aromatic N) is 1. The fraction of sp³-hybridized carbons (Fsp3) is 0.111. The Morgan fingerprint density at radius 1 is 1.29 bits per heavy atom. The lowest BCUT2D eigenvalue weighted by Crippen LogP contribution is -2.00. The van der Waals surface area contributed by atoms with Crippen molar-refractivity contribution in [2.24, 2.45) is 0 Å². The average molecular weight is 344 g/mol. The highest BCUT2D eigenvalue weighted by Gasteiger charge is 2.10. The first-order valence-corrected chi connectivity index (χ1v) is 7.31. The monoisotopic (exact) mass is 343 g/mol. The van der Waals surface area contributed by atoms with Gasteiger partial charge in [-0.25, -0.2) is 4.79 Å². The minimum atomic E-state index is -1.29.